The number of aryl methyl sites for hydroxylation is 1. The Labute approximate surface area is 185 Å². The highest BCUT2D eigenvalue weighted by molar-refractivity contribution is 5.97. The van der Waals surface area contributed by atoms with Crippen molar-refractivity contribution in [3.8, 4) is 11.5 Å². The summed E-state index contributed by atoms with van der Waals surface area (Å²) < 4.78 is 56.5. The summed E-state index contributed by atoms with van der Waals surface area (Å²) >= 11 is 0. The zero-order chi connectivity index (χ0) is 24.2. The van der Waals surface area contributed by atoms with Crippen LogP contribution in [0.4, 0.5) is 23.2 Å². The van der Waals surface area contributed by atoms with Gasteiger partial charge >= 0.3 is 6.18 Å². The van der Waals surface area contributed by atoms with Crippen LogP contribution in [0, 0.1) is 12.7 Å². The molecule has 0 saturated carbocycles. The fraction of sp³-hybridized carbons (Fsp3) is 0.227. The zero-order valence-electron chi connectivity index (χ0n) is 17.2. The lowest BCUT2D eigenvalue weighted by Crippen LogP contribution is -2.46. The van der Waals surface area contributed by atoms with Gasteiger partial charge in [0.15, 0.2) is 0 Å². The largest absolute Gasteiger partial charge is 0.441 e. The van der Waals surface area contributed by atoms with Crippen LogP contribution < -0.4 is 10.6 Å². The van der Waals surface area contributed by atoms with Gasteiger partial charge in [0.05, 0.1) is 24.3 Å². The molecule has 3 aromatic rings. The van der Waals surface area contributed by atoms with E-state index in [0.717, 1.165) is 24.3 Å². The lowest BCUT2D eigenvalue weighted by Gasteiger charge is -2.16. The number of alkyl halides is 3. The number of aliphatic hydroxyl groups is 1. The third kappa shape index (κ3) is 6.16. The summed E-state index contributed by atoms with van der Waals surface area (Å²) in [6.45, 7) is 0.848. The van der Waals surface area contributed by atoms with Gasteiger partial charge in [-0.05, 0) is 55.5 Å². The van der Waals surface area contributed by atoms with Gasteiger partial charge in [-0.3, -0.25) is 9.59 Å². The number of carbonyl (C=O) groups is 2. The highest BCUT2D eigenvalue weighted by Crippen LogP contribution is 2.29. The molecule has 2 aromatic carbocycles. The van der Waals surface area contributed by atoms with Crippen molar-refractivity contribution in [3.63, 3.8) is 0 Å². The Hall–Kier alpha value is -3.73. The number of carbonyl (C=O) groups excluding carboxylic acids is 2. The Morgan fingerprint density at radius 3 is 2.30 bits per heavy atom. The highest BCUT2D eigenvalue weighted by Gasteiger charge is 2.30. The van der Waals surface area contributed by atoms with Crippen LogP contribution in [-0.4, -0.2) is 34.6 Å². The average Bonchev–Trinajstić information content (AvgIpc) is 3.12. The molecule has 2 amide bonds. The van der Waals surface area contributed by atoms with E-state index < -0.39 is 42.0 Å². The van der Waals surface area contributed by atoms with Crippen LogP contribution in [0.5, 0.6) is 0 Å². The molecule has 0 aliphatic carbocycles. The molecule has 0 saturated heterocycles. The Morgan fingerprint density at radius 1 is 1.09 bits per heavy atom. The van der Waals surface area contributed by atoms with Gasteiger partial charge in [0.25, 0.3) is 0 Å². The predicted molar refractivity (Wildman–Crippen MR) is 109 cm³/mol. The Bertz CT molecular complexity index is 1130. The van der Waals surface area contributed by atoms with E-state index in [1.54, 1.807) is 6.92 Å². The van der Waals surface area contributed by atoms with Gasteiger partial charge < -0.3 is 20.2 Å². The minimum absolute atomic E-state index is 0.0667. The summed E-state index contributed by atoms with van der Waals surface area (Å²) in [7, 11) is 0. The molecule has 33 heavy (non-hydrogen) atoms. The fourth-order valence-corrected chi connectivity index (χ4v) is 2.87. The SMILES string of the molecule is Cc1oc(-c2ccc(F)cc2)nc1CC(=O)N[C@H](CO)C(=O)Nc1ccc(C(F)(F)F)cc1. The topological polar surface area (TPSA) is 104 Å². The van der Waals surface area contributed by atoms with E-state index in [1.807, 2.05) is 0 Å². The second kappa shape index (κ2) is 9.82. The maximum absolute atomic E-state index is 13.1. The molecule has 0 aliphatic rings. The molecular formula is C22H19F4N3O4. The van der Waals surface area contributed by atoms with Crippen LogP contribution in [0.25, 0.3) is 11.5 Å². The first kappa shape index (κ1) is 23.9. The second-order valence-electron chi connectivity index (χ2n) is 7.07. The van der Waals surface area contributed by atoms with E-state index in [2.05, 4.69) is 15.6 Å². The molecule has 0 fully saturated rings. The molecular weight excluding hydrogens is 446 g/mol. The molecule has 0 aliphatic heterocycles. The van der Waals surface area contributed by atoms with Crippen LogP contribution in [0.2, 0.25) is 0 Å². The van der Waals surface area contributed by atoms with Crippen LogP contribution in [0.3, 0.4) is 0 Å². The summed E-state index contributed by atoms with van der Waals surface area (Å²) in [5.41, 5.74) is -0.0190. The predicted octanol–water partition coefficient (Wildman–Crippen LogP) is 3.47. The molecule has 1 aromatic heterocycles. The van der Waals surface area contributed by atoms with Gasteiger partial charge in [-0.2, -0.15) is 13.2 Å². The van der Waals surface area contributed by atoms with Gasteiger partial charge in [-0.25, -0.2) is 9.37 Å². The van der Waals surface area contributed by atoms with Gasteiger partial charge in [0.2, 0.25) is 17.7 Å². The number of nitrogens with one attached hydrogen (secondary N) is 2. The molecule has 3 rings (SSSR count). The molecule has 0 radical (unpaired) electrons. The Morgan fingerprint density at radius 2 is 1.73 bits per heavy atom. The normalized spacial score (nSPS) is 12.3. The smallest absolute Gasteiger partial charge is 0.416 e. The van der Waals surface area contributed by atoms with Gasteiger partial charge in [0, 0.05) is 11.3 Å². The van der Waals surface area contributed by atoms with Crippen molar-refractivity contribution in [2.45, 2.75) is 25.6 Å². The highest BCUT2D eigenvalue weighted by atomic mass is 19.4. The third-order valence-electron chi connectivity index (χ3n) is 4.63. The first-order valence-electron chi connectivity index (χ1n) is 9.67. The number of rotatable bonds is 7. The van der Waals surface area contributed by atoms with Crippen molar-refractivity contribution in [2.75, 3.05) is 11.9 Å². The van der Waals surface area contributed by atoms with E-state index in [4.69, 9.17) is 4.42 Å². The van der Waals surface area contributed by atoms with Gasteiger partial charge in [-0.15, -0.1) is 0 Å². The minimum atomic E-state index is -4.51. The first-order valence-corrected chi connectivity index (χ1v) is 9.67. The van der Waals surface area contributed by atoms with Crippen molar-refractivity contribution >= 4 is 17.5 Å². The van der Waals surface area contributed by atoms with Crippen molar-refractivity contribution in [1.29, 1.82) is 0 Å². The van der Waals surface area contributed by atoms with E-state index >= 15 is 0 Å². The van der Waals surface area contributed by atoms with Crippen LogP contribution in [-0.2, 0) is 22.2 Å². The molecule has 11 heteroatoms. The summed E-state index contributed by atoms with van der Waals surface area (Å²) in [4.78, 5) is 28.9. The summed E-state index contributed by atoms with van der Waals surface area (Å²) in [5.74, 6) is -1.34. The molecule has 7 nitrogen and oxygen atoms in total. The van der Waals surface area contributed by atoms with Crippen molar-refractivity contribution in [1.82, 2.24) is 10.3 Å². The van der Waals surface area contributed by atoms with E-state index in [1.165, 1.54) is 24.3 Å². The van der Waals surface area contributed by atoms with E-state index in [-0.39, 0.29) is 23.7 Å². The molecule has 0 spiro atoms. The summed E-state index contributed by atoms with van der Waals surface area (Å²) in [5, 5.41) is 14.2. The number of benzene rings is 2. The molecule has 1 heterocycles. The minimum Gasteiger partial charge on any atom is -0.441 e. The standard InChI is InChI=1S/C22H19F4N3O4/c1-12-17(29-21(33-12)13-2-6-15(23)7-3-13)10-19(31)28-18(11-30)20(32)27-16-8-4-14(5-9-16)22(24,25)26/h2-9,18,30H,10-11H2,1H3,(H,27,32)(H,28,31)/t18-/m1/s1. The lowest BCUT2D eigenvalue weighted by atomic mass is 10.2. The maximum atomic E-state index is 13.1. The number of anilines is 1. The number of nitrogens with zero attached hydrogens (tertiary/aromatic N) is 1. The monoisotopic (exact) mass is 465 g/mol. The van der Waals surface area contributed by atoms with Crippen LogP contribution >= 0.6 is 0 Å². The number of hydrogen-bond acceptors (Lipinski definition) is 5. The number of oxazole rings is 1. The maximum Gasteiger partial charge on any atom is 0.416 e. The first-order chi connectivity index (χ1) is 15.6. The quantitative estimate of drug-likeness (QED) is 0.464. The third-order valence-corrected chi connectivity index (χ3v) is 4.63. The van der Waals surface area contributed by atoms with Crippen LogP contribution in [0.15, 0.2) is 52.9 Å². The number of aromatic nitrogens is 1. The number of aliphatic hydroxyl groups excluding tert-OH is 1. The molecule has 0 unspecified atom stereocenters. The second-order valence-corrected chi connectivity index (χ2v) is 7.07. The van der Waals surface area contributed by atoms with Gasteiger partial charge in [-0.1, -0.05) is 0 Å². The number of amides is 2. The summed E-state index contributed by atoms with van der Waals surface area (Å²) in [6.07, 6.45) is -4.78. The fourth-order valence-electron chi connectivity index (χ4n) is 2.87. The molecule has 174 valence electrons. The zero-order valence-corrected chi connectivity index (χ0v) is 17.2. The number of hydrogen-bond donors (Lipinski definition) is 3. The average molecular weight is 465 g/mol. The summed E-state index contributed by atoms with van der Waals surface area (Å²) in [6, 6.07) is 7.80. The Kier molecular flexibility index (Phi) is 7.12. The van der Waals surface area contributed by atoms with Crippen molar-refractivity contribution < 1.29 is 36.7 Å². The van der Waals surface area contributed by atoms with Crippen molar-refractivity contribution in [2.24, 2.45) is 0 Å². The van der Waals surface area contributed by atoms with E-state index in [9.17, 15) is 32.3 Å². The lowest BCUT2D eigenvalue weighted by molar-refractivity contribution is -0.137. The molecule has 1 atom stereocenters. The van der Waals surface area contributed by atoms with E-state index in [0.29, 0.717) is 11.3 Å². The molecule has 3 N–H and O–H groups in total. The number of halogens is 4. The van der Waals surface area contributed by atoms with Gasteiger partial charge in [0.1, 0.15) is 17.6 Å². The molecule has 0 bridgehead atoms. The Balaban J connectivity index is 1.61. The van der Waals surface area contributed by atoms with Crippen LogP contribution in [0.1, 0.15) is 17.0 Å². The van der Waals surface area contributed by atoms with Crippen molar-refractivity contribution in [3.05, 3.63) is 71.4 Å².